The van der Waals surface area contributed by atoms with E-state index in [-0.39, 0.29) is 5.78 Å². The number of unbranched alkanes of at least 4 members (excludes halogenated alkanes) is 1. The minimum Gasteiger partial charge on any atom is -0.497 e. The molecule has 1 heterocycles. The van der Waals surface area contributed by atoms with Crippen molar-refractivity contribution in [3.8, 4) is 5.75 Å². The number of Topliss-reactive ketones (excluding diaryl/α,β-unsaturated/α-hetero) is 1. The number of nitrogens with zero attached hydrogens (tertiary/aromatic N) is 1. The van der Waals surface area contributed by atoms with Gasteiger partial charge in [-0.3, -0.25) is 9.69 Å². The van der Waals surface area contributed by atoms with Crippen LogP contribution in [0.4, 0.5) is 0 Å². The highest BCUT2D eigenvalue weighted by Crippen LogP contribution is 2.32. The Morgan fingerprint density at radius 1 is 1.22 bits per heavy atom. The molecule has 4 heteroatoms. The van der Waals surface area contributed by atoms with E-state index in [4.69, 9.17) is 9.47 Å². The minimum atomic E-state index is -0.408. The molecule has 1 aromatic rings. The molecule has 0 amide bonds. The second kappa shape index (κ2) is 8.46. The largest absolute Gasteiger partial charge is 0.497 e. The lowest BCUT2D eigenvalue weighted by Gasteiger charge is -2.44. The fourth-order valence-corrected chi connectivity index (χ4v) is 3.45. The predicted octanol–water partition coefficient (Wildman–Crippen LogP) is 3.55. The Morgan fingerprint density at radius 2 is 1.87 bits per heavy atom. The van der Waals surface area contributed by atoms with E-state index in [0.29, 0.717) is 13.2 Å². The van der Waals surface area contributed by atoms with Crippen molar-refractivity contribution in [2.75, 3.05) is 33.4 Å². The number of rotatable bonds is 8. The lowest BCUT2D eigenvalue weighted by molar-refractivity contribution is -0.0195. The van der Waals surface area contributed by atoms with Gasteiger partial charge in [0.1, 0.15) is 5.75 Å². The molecule has 0 radical (unpaired) electrons. The highest BCUT2D eigenvalue weighted by molar-refractivity contribution is 6.03. The number of ether oxygens (including phenoxy) is 2. The molecule has 1 saturated heterocycles. The molecule has 0 bridgehead atoms. The van der Waals surface area contributed by atoms with E-state index in [1.807, 2.05) is 24.3 Å². The summed E-state index contributed by atoms with van der Waals surface area (Å²) in [4.78, 5) is 15.7. The maximum Gasteiger partial charge on any atom is 0.183 e. The van der Waals surface area contributed by atoms with Crippen molar-refractivity contribution in [1.82, 2.24) is 4.90 Å². The zero-order valence-corrected chi connectivity index (χ0v) is 14.6. The van der Waals surface area contributed by atoms with Crippen LogP contribution in [-0.2, 0) is 4.74 Å². The third-order valence-electron chi connectivity index (χ3n) is 4.92. The van der Waals surface area contributed by atoms with Crippen LogP contribution in [0.1, 0.15) is 49.9 Å². The van der Waals surface area contributed by atoms with Gasteiger partial charge in [0.2, 0.25) is 0 Å². The first kappa shape index (κ1) is 18.0. The fourth-order valence-electron chi connectivity index (χ4n) is 3.45. The summed E-state index contributed by atoms with van der Waals surface area (Å²) < 4.78 is 10.7. The first-order chi connectivity index (χ1) is 11.2. The SMILES string of the molecule is CCCCC(CC)(C(=O)c1ccc(OC)cc1)N1CCOCC1. The molecular formula is C19H29NO3. The molecule has 1 aromatic carbocycles. The van der Waals surface area contributed by atoms with Gasteiger partial charge in [0.05, 0.1) is 25.9 Å². The van der Waals surface area contributed by atoms with Gasteiger partial charge in [0, 0.05) is 18.7 Å². The number of carbonyl (C=O) groups is 1. The Hall–Kier alpha value is -1.39. The Labute approximate surface area is 139 Å². The van der Waals surface area contributed by atoms with Crippen LogP contribution < -0.4 is 4.74 Å². The zero-order chi connectivity index (χ0) is 16.7. The summed E-state index contributed by atoms with van der Waals surface area (Å²) >= 11 is 0. The third kappa shape index (κ3) is 3.93. The zero-order valence-electron chi connectivity index (χ0n) is 14.6. The molecule has 0 spiro atoms. The summed E-state index contributed by atoms with van der Waals surface area (Å²) in [5.74, 6) is 1.02. The Morgan fingerprint density at radius 3 is 2.39 bits per heavy atom. The number of carbonyl (C=O) groups excluding carboxylic acids is 1. The number of hydrogen-bond acceptors (Lipinski definition) is 4. The summed E-state index contributed by atoms with van der Waals surface area (Å²) in [6.45, 7) is 7.40. The van der Waals surface area contributed by atoms with E-state index < -0.39 is 5.54 Å². The van der Waals surface area contributed by atoms with Gasteiger partial charge in [-0.1, -0.05) is 26.7 Å². The monoisotopic (exact) mass is 319 g/mol. The smallest absolute Gasteiger partial charge is 0.183 e. The van der Waals surface area contributed by atoms with Gasteiger partial charge in [0.25, 0.3) is 0 Å². The van der Waals surface area contributed by atoms with Crippen LogP contribution in [0.3, 0.4) is 0 Å². The second-order valence-electron chi connectivity index (χ2n) is 6.15. The van der Waals surface area contributed by atoms with Crippen molar-refractivity contribution in [1.29, 1.82) is 0 Å². The average molecular weight is 319 g/mol. The topological polar surface area (TPSA) is 38.8 Å². The molecular weight excluding hydrogens is 290 g/mol. The van der Waals surface area contributed by atoms with Gasteiger partial charge in [-0.2, -0.15) is 0 Å². The normalized spacial score (nSPS) is 18.4. The molecule has 0 saturated carbocycles. The van der Waals surface area contributed by atoms with Crippen molar-refractivity contribution >= 4 is 5.78 Å². The highest BCUT2D eigenvalue weighted by atomic mass is 16.5. The molecule has 1 aliphatic rings. The Balaban J connectivity index is 2.31. The van der Waals surface area contributed by atoms with Gasteiger partial charge in [-0.15, -0.1) is 0 Å². The molecule has 1 unspecified atom stereocenters. The van der Waals surface area contributed by atoms with Crippen LogP contribution in [0.2, 0.25) is 0 Å². The average Bonchev–Trinajstić information content (AvgIpc) is 2.63. The van der Waals surface area contributed by atoms with Gasteiger partial charge in [-0.25, -0.2) is 0 Å². The lowest BCUT2D eigenvalue weighted by atomic mass is 9.80. The van der Waals surface area contributed by atoms with Gasteiger partial charge in [0.15, 0.2) is 5.78 Å². The summed E-state index contributed by atoms with van der Waals surface area (Å²) in [6.07, 6.45) is 3.90. The van der Waals surface area contributed by atoms with Crippen LogP contribution in [0.15, 0.2) is 24.3 Å². The molecule has 1 atom stereocenters. The van der Waals surface area contributed by atoms with Crippen molar-refractivity contribution in [2.24, 2.45) is 0 Å². The van der Waals surface area contributed by atoms with E-state index in [2.05, 4.69) is 18.7 Å². The summed E-state index contributed by atoms with van der Waals surface area (Å²) in [6, 6.07) is 7.51. The van der Waals surface area contributed by atoms with Crippen LogP contribution in [-0.4, -0.2) is 49.6 Å². The molecule has 4 nitrogen and oxygen atoms in total. The van der Waals surface area contributed by atoms with Crippen molar-refractivity contribution in [2.45, 2.75) is 45.1 Å². The van der Waals surface area contributed by atoms with Gasteiger partial charge in [-0.05, 0) is 37.1 Å². The molecule has 1 fully saturated rings. The maximum atomic E-state index is 13.4. The van der Waals surface area contributed by atoms with Crippen LogP contribution in [0.25, 0.3) is 0 Å². The second-order valence-corrected chi connectivity index (χ2v) is 6.15. The summed E-state index contributed by atoms with van der Waals surface area (Å²) in [5.41, 5.74) is 0.365. The fraction of sp³-hybridized carbons (Fsp3) is 0.632. The molecule has 0 N–H and O–H groups in total. The molecule has 0 aliphatic carbocycles. The number of methoxy groups -OCH3 is 1. The van der Waals surface area contributed by atoms with Crippen molar-refractivity contribution in [3.63, 3.8) is 0 Å². The third-order valence-corrected chi connectivity index (χ3v) is 4.92. The maximum absolute atomic E-state index is 13.4. The first-order valence-electron chi connectivity index (χ1n) is 8.69. The molecule has 2 rings (SSSR count). The first-order valence-corrected chi connectivity index (χ1v) is 8.69. The van der Waals surface area contributed by atoms with Crippen molar-refractivity contribution < 1.29 is 14.3 Å². The lowest BCUT2D eigenvalue weighted by Crippen LogP contribution is -2.58. The summed E-state index contributed by atoms with van der Waals surface area (Å²) in [7, 11) is 1.64. The van der Waals surface area contributed by atoms with Gasteiger partial charge >= 0.3 is 0 Å². The van der Waals surface area contributed by atoms with Gasteiger partial charge < -0.3 is 9.47 Å². The van der Waals surface area contributed by atoms with Crippen LogP contribution in [0.5, 0.6) is 5.75 Å². The van der Waals surface area contributed by atoms with E-state index in [1.165, 1.54) is 0 Å². The number of benzene rings is 1. The van der Waals surface area contributed by atoms with Crippen LogP contribution in [0, 0.1) is 0 Å². The molecule has 1 aliphatic heterocycles. The van der Waals surface area contributed by atoms with E-state index in [9.17, 15) is 4.79 Å². The Kier molecular flexibility index (Phi) is 6.60. The predicted molar refractivity (Wildman–Crippen MR) is 92.3 cm³/mol. The number of hydrogen-bond donors (Lipinski definition) is 0. The highest BCUT2D eigenvalue weighted by Gasteiger charge is 2.42. The standard InChI is InChI=1S/C19H29NO3/c1-4-6-11-19(5-2,20-12-14-23-15-13-20)18(21)16-7-9-17(22-3)10-8-16/h7-10H,4-6,11-15H2,1-3H3. The molecule has 0 aromatic heterocycles. The molecule has 128 valence electrons. The summed E-state index contributed by atoms with van der Waals surface area (Å²) in [5, 5.41) is 0. The quantitative estimate of drug-likeness (QED) is 0.687. The van der Waals surface area contributed by atoms with E-state index in [1.54, 1.807) is 7.11 Å². The van der Waals surface area contributed by atoms with E-state index >= 15 is 0 Å². The van der Waals surface area contributed by atoms with E-state index in [0.717, 1.165) is 50.1 Å². The number of ketones is 1. The minimum absolute atomic E-state index is 0.234. The molecule has 23 heavy (non-hydrogen) atoms. The number of morpholine rings is 1. The van der Waals surface area contributed by atoms with Crippen LogP contribution >= 0.6 is 0 Å². The Bertz CT molecular complexity index is 494. The van der Waals surface area contributed by atoms with Crippen molar-refractivity contribution in [3.05, 3.63) is 29.8 Å².